The lowest BCUT2D eigenvalue weighted by Crippen LogP contribution is -2.49. The van der Waals surface area contributed by atoms with Crippen molar-refractivity contribution >= 4 is 12.0 Å². The Labute approximate surface area is 107 Å². The largest absolute Gasteiger partial charge is 0.480 e. The third kappa shape index (κ3) is 3.87. The summed E-state index contributed by atoms with van der Waals surface area (Å²) in [4.78, 5) is 24.6. The quantitative estimate of drug-likeness (QED) is 0.763. The van der Waals surface area contributed by atoms with Crippen molar-refractivity contribution in [1.82, 2.24) is 10.2 Å². The third-order valence-electron chi connectivity index (χ3n) is 3.19. The number of carboxylic acid groups (broad SMARTS) is 1. The molecule has 0 aromatic carbocycles. The molecule has 18 heavy (non-hydrogen) atoms. The molecule has 0 aromatic heterocycles. The summed E-state index contributed by atoms with van der Waals surface area (Å²) in [5.74, 6) is -0.780. The van der Waals surface area contributed by atoms with E-state index < -0.39 is 12.0 Å². The van der Waals surface area contributed by atoms with Gasteiger partial charge in [-0.05, 0) is 12.3 Å². The first kappa shape index (κ1) is 14.8. The van der Waals surface area contributed by atoms with Gasteiger partial charge in [-0.3, -0.25) is 0 Å². The smallest absolute Gasteiger partial charge is 0.326 e. The van der Waals surface area contributed by atoms with E-state index in [2.05, 4.69) is 5.32 Å². The van der Waals surface area contributed by atoms with Crippen LogP contribution in [0.1, 0.15) is 20.3 Å². The molecule has 2 amide bonds. The number of carbonyl (C=O) groups is 2. The van der Waals surface area contributed by atoms with E-state index in [9.17, 15) is 9.59 Å². The van der Waals surface area contributed by atoms with E-state index in [-0.39, 0.29) is 11.9 Å². The Morgan fingerprint density at radius 2 is 2.17 bits per heavy atom. The molecule has 0 spiro atoms. The van der Waals surface area contributed by atoms with E-state index in [0.717, 1.165) is 6.42 Å². The number of carbonyl (C=O) groups excluding carboxylic acids is 1. The summed E-state index contributed by atoms with van der Waals surface area (Å²) in [5, 5.41) is 11.6. The van der Waals surface area contributed by atoms with Crippen LogP contribution in [0.3, 0.4) is 0 Å². The van der Waals surface area contributed by atoms with Crippen LogP contribution in [-0.4, -0.2) is 54.9 Å². The number of carboxylic acids is 1. The highest BCUT2D eigenvalue weighted by Gasteiger charge is 2.30. The minimum Gasteiger partial charge on any atom is -0.480 e. The molecule has 1 aliphatic heterocycles. The maximum absolute atomic E-state index is 11.9. The standard InChI is InChI=1S/C12H22N2O4/c1-8(2)10(11(15)16)13-12(17)14-5-4-9(6-14)7-18-3/h8-10H,4-7H2,1-3H3,(H,13,17)(H,15,16). The molecule has 104 valence electrons. The van der Waals surface area contributed by atoms with Crippen LogP contribution in [-0.2, 0) is 9.53 Å². The molecular weight excluding hydrogens is 236 g/mol. The second kappa shape index (κ2) is 6.58. The minimum absolute atomic E-state index is 0.135. The molecule has 1 heterocycles. The van der Waals surface area contributed by atoms with Crippen molar-refractivity contribution in [2.45, 2.75) is 26.3 Å². The van der Waals surface area contributed by atoms with Crippen LogP contribution in [0, 0.1) is 11.8 Å². The number of hydrogen-bond acceptors (Lipinski definition) is 3. The molecular formula is C12H22N2O4. The number of likely N-dealkylation sites (tertiary alicyclic amines) is 1. The van der Waals surface area contributed by atoms with Crippen LogP contribution in [0.15, 0.2) is 0 Å². The molecule has 0 aliphatic carbocycles. The molecule has 0 aromatic rings. The Morgan fingerprint density at radius 3 is 2.67 bits per heavy atom. The average Bonchev–Trinajstić information content (AvgIpc) is 2.73. The number of amides is 2. The molecule has 0 saturated carbocycles. The first-order valence-electron chi connectivity index (χ1n) is 6.22. The van der Waals surface area contributed by atoms with Gasteiger partial charge in [0.1, 0.15) is 6.04 Å². The van der Waals surface area contributed by atoms with Gasteiger partial charge in [-0.15, -0.1) is 0 Å². The molecule has 1 fully saturated rings. The van der Waals surface area contributed by atoms with E-state index in [1.807, 2.05) is 0 Å². The average molecular weight is 258 g/mol. The molecule has 0 bridgehead atoms. The van der Waals surface area contributed by atoms with E-state index in [1.165, 1.54) is 0 Å². The van der Waals surface area contributed by atoms with Gasteiger partial charge in [-0.1, -0.05) is 13.8 Å². The molecule has 2 unspecified atom stereocenters. The van der Waals surface area contributed by atoms with E-state index in [1.54, 1.807) is 25.9 Å². The fraction of sp³-hybridized carbons (Fsp3) is 0.833. The zero-order valence-corrected chi connectivity index (χ0v) is 11.2. The van der Waals surface area contributed by atoms with Crippen molar-refractivity contribution in [1.29, 1.82) is 0 Å². The molecule has 2 N–H and O–H groups in total. The molecule has 1 saturated heterocycles. The zero-order valence-electron chi connectivity index (χ0n) is 11.2. The van der Waals surface area contributed by atoms with Crippen molar-refractivity contribution in [2.24, 2.45) is 11.8 Å². The summed E-state index contributed by atoms with van der Waals surface area (Å²) < 4.78 is 5.06. The summed E-state index contributed by atoms with van der Waals surface area (Å²) >= 11 is 0. The van der Waals surface area contributed by atoms with Gasteiger partial charge in [0, 0.05) is 26.1 Å². The van der Waals surface area contributed by atoms with Crippen LogP contribution < -0.4 is 5.32 Å². The summed E-state index contributed by atoms with van der Waals surface area (Å²) in [6.45, 7) is 5.47. The van der Waals surface area contributed by atoms with Crippen LogP contribution in [0.2, 0.25) is 0 Å². The van der Waals surface area contributed by atoms with Crippen molar-refractivity contribution in [2.75, 3.05) is 26.8 Å². The van der Waals surface area contributed by atoms with E-state index >= 15 is 0 Å². The van der Waals surface area contributed by atoms with Crippen LogP contribution in [0.5, 0.6) is 0 Å². The topological polar surface area (TPSA) is 78.9 Å². The van der Waals surface area contributed by atoms with Crippen molar-refractivity contribution in [3.8, 4) is 0 Å². The number of methoxy groups -OCH3 is 1. The fourth-order valence-electron chi connectivity index (χ4n) is 2.13. The van der Waals surface area contributed by atoms with E-state index in [0.29, 0.717) is 25.6 Å². The number of hydrogen-bond donors (Lipinski definition) is 2. The highest BCUT2D eigenvalue weighted by molar-refractivity contribution is 5.82. The SMILES string of the molecule is COCC1CCN(C(=O)NC(C(=O)O)C(C)C)C1. The first-order valence-corrected chi connectivity index (χ1v) is 6.22. The monoisotopic (exact) mass is 258 g/mol. The van der Waals surface area contributed by atoms with Gasteiger partial charge in [0.25, 0.3) is 0 Å². The number of rotatable bonds is 5. The Kier molecular flexibility index (Phi) is 5.40. The van der Waals surface area contributed by atoms with Crippen LogP contribution in [0.25, 0.3) is 0 Å². The van der Waals surface area contributed by atoms with E-state index in [4.69, 9.17) is 9.84 Å². The predicted molar refractivity (Wildman–Crippen MR) is 66.3 cm³/mol. The summed E-state index contributed by atoms with van der Waals surface area (Å²) in [6.07, 6.45) is 0.903. The summed E-state index contributed by atoms with van der Waals surface area (Å²) in [6, 6.07) is -1.13. The zero-order chi connectivity index (χ0) is 13.7. The van der Waals surface area contributed by atoms with Gasteiger partial charge in [-0.25, -0.2) is 9.59 Å². The first-order chi connectivity index (χ1) is 8.45. The highest BCUT2D eigenvalue weighted by Crippen LogP contribution is 2.16. The molecule has 0 radical (unpaired) electrons. The second-order valence-electron chi connectivity index (χ2n) is 5.07. The number of aliphatic carboxylic acids is 1. The number of nitrogens with one attached hydrogen (secondary N) is 1. The highest BCUT2D eigenvalue weighted by atomic mass is 16.5. The Balaban J connectivity index is 2.48. The third-order valence-corrected chi connectivity index (χ3v) is 3.19. The molecule has 2 atom stereocenters. The lowest BCUT2D eigenvalue weighted by molar-refractivity contribution is -0.140. The second-order valence-corrected chi connectivity index (χ2v) is 5.07. The maximum Gasteiger partial charge on any atom is 0.326 e. The van der Waals surface area contributed by atoms with Crippen molar-refractivity contribution in [3.05, 3.63) is 0 Å². The number of nitrogens with zero attached hydrogens (tertiary/aromatic N) is 1. The summed E-state index contributed by atoms with van der Waals surface area (Å²) in [5.41, 5.74) is 0. The van der Waals surface area contributed by atoms with Crippen molar-refractivity contribution in [3.63, 3.8) is 0 Å². The Morgan fingerprint density at radius 1 is 1.50 bits per heavy atom. The normalized spacial score (nSPS) is 21.1. The fourth-order valence-corrected chi connectivity index (χ4v) is 2.13. The molecule has 6 nitrogen and oxygen atoms in total. The lowest BCUT2D eigenvalue weighted by atomic mass is 10.1. The maximum atomic E-state index is 11.9. The molecule has 6 heteroatoms. The van der Waals surface area contributed by atoms with Crippen LogP contribution >= 0.6 is 0 Å². The van der Waals surface area contributed by atoms with Gasteiger partial charge in [0.15, 0.2) is 0 Å². The van der Waals surface area contributed by atoms with Gasteiger partial charge in [0.2, 0.25) is 0 Å². The minimum atomic E-state index is -0.994. The van der Waals surface area contributed by atoms with Gasteiger partial charge >= 0.3 is 12.0 Å². The van der Waals surface area contributed by atoms with Crippen molar-refractivity contribution < 1.29 is 19.4 Å². The van der Waals surface area contributed by atoms with Gasteiger partial charge < -0.3 is 20.1 Å². The van der Waals surface area contributed by atoms with Crippen LogP contribution in [0.4, 0.5) is 4.79 Å². The Bertz CT molecular complexity index is 306. The van der Waals surface area contributed by atoms with Gasteiger partial charge in [0.05, 0.1) is 6.61 Å². The van der Waals surface area contributed by atoms with Gasteiger partial charge in [-0.2, -0.15) is 0 Å². The lowest BCUT2D eigenvalue weighted by Gasteiger charge is -2.23. The number of ether oxygens (including phenoxy) is 1. The molecule has 1 rings (SSSR count). The number of urea groups is 1. The molecule has 1 aliphatic rings. The Hall–Kier alpha value is -1.30. The summed E-state index contributed by atoms with van der Waals surface area (Å²) in [7, 11) is 1.64. The predicted octanol–water partition coefficient (Wildman–Crippen LogP) is 0.773.